The van der Waals surface area contributed by atoms with Gasteiger partial charge in [-0.05, 0) is 35.4 Å². The molecule has 3 aromatic rings. The van der Waals surface area contributed by atoms with Gasteiger partial charge in [-0.3, -0.25) is 0 Å². The zero-order chi connectivity index (χ0) is 21.8. The summed E-state index contributed by atoms with van der Waals surface area (Å²) in [6.45, 7) is 0. The molecule has 7 heteroatoms. The Kier molecular flexibility index (Phi) is 5.86. The number of fused-ring (bicyclic) bond motifs is 1. The van der Waals surface area contributed by atoms with Crippen molar-refractivity contribution in [2.75, 3.05) is 7.11 Å². The van der Waals surface area contributed by atoms with E-state index in [4.69, 9.17) is 14.7 Å². The van der Waals surface area contributed by atoms with Crippen LogP contribution in [0.4, 0.5) is 0 Å². The lowest BCUT2D eigenvalue weighted by atomic mass is 10.0. The van der Waals surface area contributed by atoms with Crippen molar-refractivity contribution in [3.8, 4) is 0 Å². The molecule has 1 aliphatic rings. The number of para-hydroxylation sites is 2. The van der Waals surface area contributed by atoms with E-state index in [0.29, 0.717) is 23.3 Å². The molecular weight excluding hydrogens is 412 g/mol. The first kappa shape index (κ1) is 20.8. The van der Waals surface area contributed by atoms with Crippen molar-refractivity contribution in [1.29, 1.82) is 0 Å². The van der Waals surface area contributed by atoms with Crippen molar-refractivity contribution in [2.24, 2.45) is 9.98 Å². The van der Waals surface area contributed by atoms with E-state index >= 15 is 0 Å². The molecule has 0 atom stereocenters. The van der Waals surface area contributed by atoms with Gasteiger partial charge in [0.15, 0.2) is 0 Å². The molecule has 0 saturated heterocycles. The molecule has 31 heavy (non-hydrogen) atoms. The summed E-state index contributed by atoms with van der Waals surface area (Å²) in [5.41, 5.74) is 2.20. The van der Waals surface area contributed by atoms with Crippen LogP contribution in [0.1, 0.15) is 31.8 Å². The maximum absolute atomic E-state index is 12.2. The molecule has 0 unspecified atom stereocenters. The number of aromatic carboxylic acids is 1. The molecule has 0 saturated carbocycles. The van der Waals surface area contributed by atoms with Crippen LogP contribution in [0.3, 0.4) is 0 Å². The van der Waals surface area contributed by atoms with Crippen LogP contribution in [0.25, 0.3) is 0 Å². The van der Waals surface area contributed by atoms with Crippen LogP contribution >= 0.6 is 11.8 Å². The lowest BCUT2D eigenvalue weighted by Crippen LogP contribution is -2.24. The molecule has 1 N–H and O–H groups in total. The van der Waals surface area contributed by atoms with Crippen LogP contribution in [0.2, 0.25) is 0 Å². The Hall–Kier alpha value is -3.45. The number of hydrogen-bond donors (Lipinski definition) is 1. The number of hydrogen-bond acceptors (Lipinski definition) is 6. The standard InChI is InChI=1S/C24H20N2O4S/c1-30-23(29)19-11-5-3-9-17(19)15-31-24(25-20-12-6-7-13-21(20)26-24)14-16-8-2-4-10-18(16)22(27)28/h2-13H,14-15H2,1H3,(H,27,28). The Labute approximate surface area is 183 Å². The maximum Gasteiger partial charge on any atom is 0.338 e. The van der Waals surface area contributed by atoms with Gasteiger partial charge in [-0.2, -0.15) is 0 Å². The fraction of sp³-hybridized carbons (Fsp3) is 0.167. The highest BCUT2D eigenvalue weighted by Crippen LogP contribution is 2.37. The maximum atomic E-state index is 12.2. The fourth-order valence-electron chi connectivity index (χ4n) is 3.53. The van der Waals surface area contributed by atoms with Crippen molar-refractivity contribution in [3.05, 3.63) is 106 Å². The van der Waals surface area contributed by atoms with Gasteiger partial charge in [0.25, 0.3) is 0 Å². The van der Waals surface area contributed by atoms with E-state index < -0.39 is 16.9 Å². The van der Waals surface area contributed by atoms with Gasteiger partial charge in [0.1, 0.15) is 0 Å². The third kappa shape index (κ3) is 4.36. The molecule has 3 aromatic carbocycles. The predicted molar refractivity (Wildman–Crippen MR) is 118 cm³/mol. The van der Waals surface area contributed by atoms with Crippen LogP contribution < -0.4 is 10.7 Å². The Bertz CT molecular complexity index is 1240. The Morgan fingerprint density at radius 3 is 2.03 bits per heavy atom. The summed E-state index contributed by atoms with van der Waals surface area (Å²) in [6.07, 6.45) is 0.315. The van der Waals surface area contributed by atoms with Gasteiger partial charge in [0.05, 0.1) is 29.0 Å². The monoisotopic (exact) mass is 432 g/mol. The second kappa shape index (κ2) is 8.73. The number of esters is 1. The Morgan fingerprint density at radius 2 is 1.42 bits per heavy atom. The van der Waals surface area contributed by atoms with Crippen molar-refractivity contribution in [1.82, 2.24) is 0 Å². The van der Waals surface area contributed by atoms with Crippen molar-refractivity contribution < 1.29 is 19.4 Å². The number of carboxylic acid groups (broad SMARTS) is 1. The molecule has 1 aliphatic heterocycles. The Morgan fingerprint density at radius 1 is 0.871 bits per heavy atom. The van der Waals surface area contributed by atoms with E-state index in [1.165, 1.54) is 18.9 Å². The highest BCUT2D eigenvalue weighted by Gasteiger charge is 2.34. The number of methoxy groups -OCH3 is 1. The minimum absolute atomic E-state index is 0.235. The average molecular weight is 433 g/mol. The lowest BCUT2D eigenvalue weighted by molar-refractivity contribution is 0.0599. The number of rotatable bonds is 7. The zero-order valence-corrected chi connectivity index (χ0v) is 17.6. The van der Waals surface area contributed by atoms with Gasteiger partial charge in [-0.15, -0.1) is 11.8 Å². The first-order chi connectivity index (χ1) is 15.0. The van der Waals surface area contributed by atoms with Crippen LogP contribution in [-0.2, 0) is 16.9 Å². The van der Waals surface area contributed by atoms with E-state index in [-0.39, 0.29) is 5.56 Å². The van der Waals surface area contributed by atoms with Crippen molar-refractivity contribution >= 4 is 23.7 Å². The highest BCUT2D eigenvalue weighted by molar-refractivity contribution is 7.99. The quantitative estimate of drug-likeness (QED) is 0.579. The SMILES string of the molecule is COC(=O)c1ccccc1CSC1(Cc2ccccc2C(=O)O)N=c2ccccc2=N1. The first-order valence-electron chi connectivity index (χ1n) is 9.67. The number of benzene rings is 3. The molecule has 0 bridgehead atoms. The summed E-state index contributed by atoms with van der Waals surface area (Å²) in [5, 5.41) is 11.1. The van der Waals surface area contributed by atoms with Crippen molar-refractivity contribution in [3.63, 3.8) is 0 Å². The summed E-state index contributed by atoms with van der Waals surface area (Å²) >= 11 is 1.46. The summed E-state index contributed by atoms with van der Waals surface area (Å²) < 4.78 is 4.90. The van der Waals surface area contributed by atoms with Crippen LogP contribution in [-0.4, -0.2) is 29.1 Å². The van der Waals surface area contributed by atoms with E-state index in [1.54, 1.807) is 30.3 Å². The number of thioether (sulfide) groups is 1. The van der Waals surface area contributed by atoms with Gasteiger partial charge in [0.2, 0.25) is 4.99 Å². The lowest BCUT2D eigenvalue weighted by Gasteiger charge is -2.24. The van der Waals surface area contributed by atoms with Gasteiger partial charge < -0.3 is 9.84 Å². The summed E-state index contributed by atoms with van der Waals surface area (Å²) in [6, 6.07) is 21.8. The second-order valence-corrected chi connectivity index (χ2v) is 8.26. The second-order valence-electron chi connectivity index (χ2n) is 7.03. The Balaban J connectivity index is 1.72. The molecule has 1 heterocycles. The minimum atomic E-state index is -0.984. The molecule has 0 aromatic heterocycles. The topological polar surface area (TPSA) is 88.3 Å². The first-order valence-corrected chi connectivity index (χ1v) is 10.7. The summed E-state index contributed by atoms with van der Waals surface area (Å²) in [5.74, 6) is -0.922. The molecule has 6 nitrogen and oxygen atoms in total. The smallest absolute Gasteiger partial charge is 0.338 e. The molecule has 0 amide bonds. The normalized spacial score (nSPS) is 13.6. The van der Waals surface area contributed by atoms with E-state index in [1.807, 2.05) is 42.5 Å². The molecule has 0 aliphatic carbocycles. The van der Waals surface area contributed by atoms with Crippen LogP contribution in [0, 0.1) is 0 Å². The fourth-order valence-corrected chi connectivity index (χ4v) is 4.75. The molecule has 0 fully saturated rings. The molecule has 156 valence electrons. The highest BCUT2D eigenvalue weighted by atomic mass is 32.2. The summed E-state index contributed by atoms with van der Waals surface area (Å²) in [7, 11) is 1.36. The largest absolute Gasteiger partial charge is 0.478 e. The number of carboxylic acids is 1. The van der Waals surface area contributed by atoms with Gasteiger partial charge in [-0.25, -0.2) is 19.6 Å². The van der Waals surface area contributed by atoms with E-state index in [2.05, 4.69) is 0 Å². The zero-order valence-electron chi connectivity index (χ0n) is 16.8. The van der Waals surface area contributed by atoms with E-state index in [0.717, 1.165) is 16.3 Å². The number of nitrogens with zero attached hydrogens (tertiary/aromatic N) is 2. The van der Waals surface area contributed by atoms with Gasteiger partial charge in [0, 0.05) is 12.2 Å². The molecule has 4 rings (SSSR count). The number of carbonyl (C=O) groups excluding carboxylic acids is 1. The third-order valence-corrected chi connectivity index (χ3v) is 6.27. The third-order valence-electron chi connectivity index (χ3n) is 5.02. The molecule has 0 spiro atoms. The number of ether oxygens (including phenoxy) is 1. The van der Waals surface area contributed by atoms with Crippen molar-refractivity contribution in [2.45, 2.75) is 17.2 Å². The summed E-state index contributed by atoms with van der Waals surface area (Å²) in [4.78, 5) is 32.7. The molecular formula is C24H20N2O4S. The van der Waals surface area contributed by atoms with Crippen LogP contribution in [0.5, 0.6) is 0 Å². The van der Waals surface area contributed by atoms with E-state index in [9.17, 15) is 14.7 Å². The average Bonchev–Trinajstić information content (AvgIpc) is 3.16. The molecule has 0 radical (unpaired) electrons. The predicted octanol–water partition coefficient (Wildman–Crippen LogP) is 3.25. The van der Waals surface area contributed by atoms with Gasteiger partial charge >= 0.3 is 11.9 Å². The van der Waals surface area contributed by atoms with Gasteiger partial charge in [-0.1, -0.05) is 48.5 Å². The number of carbonyl (C=O) groups is 2. The minimum Gasteiger partial charge on any atom is -0.478 e. The van der Waals surface area contributed by atoms with Crippen LogP contribution in [0.15, 0.2) is 82.8 Å².